The summed E-state index contributed by atoms with van der Waals surface area (Å²) in [6, 6.07) is 12.0. The molecule has 0 aromatic heterocycles. The van der Waals surface area contributed by atoms with E-state index in [4.69, 9.17) is 9.47 Å². The van der Waals surface area contributed by atoms with E-state index >= 15 is 0 Å². The van der Waals surface area contributed by atoms with Crippen molar-refractivity contribution in [3.8, 4) is 11.5 Å². The molecule has 0 fully saturated rings. The molecule has 0 unspecified atom stereocenters. The normalized spacial score (nSPS) is 17.9. The van der Waals surface area contributed by atoms with E-state index in [2.05, 4.69) is 22.6 Å². The van der Waals surface area contributed by atoms with Crippen LogP contribution in [-0.2, 0) is 21.0 Å². The third kappa shape index (κ3) is 4.98. The topological polar surface area (TPSA) is 93.1 Å². The highest BCUT2D eigenvalue weighted by molar-refractivity contribution is 14.1. The van der Waals surface area contributed by atoms with Crippen LogP contribution in [0.15, 0.2) is 58.9 Å². The highest BCUT2D eigenvalue weighted by atomic mass is 127. The minimum Gasteiger partial charge on any atom is -0.493 e. The van der Waals surface area contributed by atoms with E-state index in [1.54, 1.807) is 12.0 Å². The van der Waals surface area contributed by atoms with E-state index in [0.29, 0.717) is 67.8 Å². The van der Waals surface area contributed by atoms with Gasteiger partial charge in [0.15, 0.2) is 23.1 Å². The third-order valence-corrected chi connectivity index (χ3v) is 8.27. The van der Waals surface area contributed by atoms with E-state index in [9.17, 15) is 19.5 Å². The molecule has 0 spiro atoms. The molecule has 1 heterocycles. The number of rotatable bonds is 7. The molecule has 2 aliphatic carbocycles. The van der Waals surface area contributed by atoms with Gasteiger partial charge in [0, 0.05) is 41.3 Å². The second-order valence-electron chi connectivity index (χ2n) is 10.00. The summed E-state index contributed by atoms with van der Waals surface area (Å²) in [5.74, 6) is -0.434. The zero-order valence-corrected chi connectivity index (χ0v) is 23.7. The van der Waals surface area contributed by atoms with Gasteiger partial charge in [-0.05, 0) is 78.5 Å². The summed E-state index contributed by atoms with van der Waals surface area (Å²) < 4.78 is 12.7. The molecule has 0 atom stereocenters. The molecule has 7 nitrogen and oxygen atoms in total. The summed E-state index contributed by atoms with van der Waals surface area (Å²) in [6.07, 6.45) is 3.34. The maximum atomic E-state index is 13.4. The Morgan fingerprint density at radius 2 is 1.61 bits per heavy atom. The van der Waals surface area contributed by atoms with E-state index in [1.807, 2.05) is 43.3 Å². The van der Waals surface area contributed by atoms with Gasteiger partial charge < -0.3 is 19.5 Å². The number of aliphatic carboxylic acids is 1. The minimum atomic E-state index is -0.982. The number of hydrogen-bond donors (Lipinski definition) is 1. The van der Waals surface area contributed by atoms with Gasteiger partial charge >= 0.3 is 5.97 Å². The first-order valence-electron chi connectivity index (χ1n) is 12.9. The van der Waals surface area contributed by atoms with E-state index < -0.39 is 11.9 Å². The van der Waals surface area contributed by atoms with Gasteiger partial charge in [0.25, 0.3) is 0 Å². The summed E-state index contributed by atoms with van der Waals surface area (Å²) in [5.41, 5.74) is 5.60. The number of hydrogen-bond acceptors (Lipinski definition) is 6. The number of carboxylic acids is 1. The molecule has 198 valence electrons. The monoisotopic (exact) mass is 627 g/mol. The van der Waals surface area contributed by atoms with Crippen LogP contribution in [0.2, 0.25) is 0 Å². The lowest BCUT2D eigenvalue weighted by atomic mass is 9.71. The first kappa shape index (κ1) is 26.5. The van der Waals surface area contributed by atoms with Crippen LogP contribution in [-0.4, -0.2) is 41.2 Å². The Morgan fingerprint density at radius 3 is 2.16 bits per heavy atom. The maximum Gasteiger partial charge on any atom is 0.323 e. The minimum absolute atomic E-state index is 0.0229. The van der Waals surface area contributed by atoms with Crippen LogP contribution in [0.1, 0.15) is 61.1 Å². The van der Waals surface area contributed by atoms with Gasteiger partial charge in [-0.3, -0.25) is 14.4 Å². The van der Waals surface area contributed by atoms with Gasteiger partial charge in [-0.25, -0.2) is 0 Å². The van der Waals surface area contributed by atoms with Crippen LogP contribution in [0.3, 0.4) is 0 Å². The molecule has 0 radical (unpaired) electrons. The molecule has 2 aromatic rings. The average Bonchev–Trinajstić information content (AvgIpc) is 2.89. The smallest absolute Gasteiger partial charge is 0.323 e. The molecule has 0 saturated carbocycles. The van der Waals surface area contributed by atoms with Gasteiger partial charge in [-0.2, -0.15) is 0 Å². The first-order chi connectivity index (χ1) is 18.3. The number of halogens is 1. The van der Waals surface area contributed by atoms with Gasteiger partial charge in [0.05, 0.1) is 10.7 Å². The van der Waals surface area contributed by atoms with Crippen molar-refractivity contribution in [2.75, 3.05) is 13.7 Å². The van der Waals surface area contributed by atoms with Crippen LogP contribution >= 0.6 is 22.6 Å². The lowest BCUT2D eigenvalue weighted by Gasteiger charge is -2.43. The zero-order valence-electron chi connectivity index (χ0n) is 21.5. The second-order valence-corrected chi connectivity index (χ2v) is 11.2. The molecule has 2 aromatic carbocycles. The molecular weight excluding hydrogens is 597 g/mol. The Bertz CT molecular complexity index is 1330. The van der Waals surface area contributed by atoms with E-state index in [0.717, 1.165) is 26.1 Å². The molecule has 8 heteroatoms. The van der Waals surface area contributed by atoms with Gasteiger partial charge in [-0.15, -0.1) is 0 Å². The molecule has 5 rings (SSSR count). The number of methoxy groups -OCH3 is 1. The summed E-state index contributed by atoms with van der Waals surface area (Å²) >= 11 is 2.21. The van der Waals surface area contributed by atoms with Crippen molar-refractivity contribution in [1.82, 2.24) is 4.90 Å². The summed E-state index contributed by atoms with van der Waals surface area (Å²) in [6.45, 7) is 2.16. The highest BCUT2D eigenvalue weighted by Gasteiger charge is 2.44. The SMILES string of the molecule is COc1cc(C2C3=C(CCCC3=O)N(CC(=O)O)C3=C2C(=O)CCC3)cc(I)c1OCc1ccc(C)cc1. The molecule has 38 heavy (non-hydrogen) atoms. The maximum absolute atomic E-state index is 13.4. The number of Topliss-reactive ketones (excluding diaryl/α,β-unsaturated/α-hetero) is 2. The number of carbonyl (C=O) groups is 3. The fraction of sp³-hybridized carbons (Fsp3) is 0.367. The Balaban J connectivity index is 1.60. The molecule has 1 aliphatic heterocycles. The molecule has 0 amide bonds. The van der Waals surface area contributed by atoms with Gasteiger partial charge in [0.1, 0.15) is 13.2 Å². The van der Waals surface area contributed by atoms with Crippen LogP contribution in [0.25, 0.3) is 0 Å². The molecule has 0 bridgehead atoms. The number of benzene rings is 2. The zero-order chi connectivity index (χ0) is 27.0. The van der Waals surface area contributed by atoms with Crippen LogP contribution < -0.4 is 9.47 Å². The standard InChI is InChI=1S/C30H30INO6/c1-17-9-11-18(12-10-17)16-38-30-20(31)13-19(14-25(30)37-2)27-28-21(5-3-7-23(28)33)32(15-26(35)36)22-6-4-8-24(34)29(22)27/h9-14,27H,3-8,15-16H2,1-2H3,(H,35,36). The Kier molecular flexibility index (Phi) is 7.61. The number of allylic oxidation sites excluding steroid dienone is 4. The predicted molar refractivity (Wildman–Crippen MR) is 150 cm³/mol. The van der Waals surface area contributed by atoms with Crippen LogP contribution in [0.5, 0.6) is 11.5 Å². The van der Waals surface area contributed by atoms with Crippen molar-refractivity contribution in [1.29, 1.82) is 0 Å². The highest BCUT2D eigenvalue weighted by Crippen LogP contribution is 2.50. The predicted octanol–water partition coefficient (Wildman–Crippen LogP) is 5.69. The van der Waals surface area contributed by atoms with Crippen molar-refractivity contribution in [3.05, 3.63) is 79.2 Å². The van der Waals surface area contributed by atoms with Crippen molar-refractivity contribution in [2.24, 2.45) is 0 Å². The number of carboxylic acid groups (broad SMARTS) is 1. The number of ether oxygens (including phenoxy) is 2. The van der Waals surface area contributed by atoms with Gasteiger partial charge in [0.2, 0.25) is 0 Å². The second kappa shape index (κ2) is 10.9. The summed E-state index contributed by atoms with van der Waals surface area (Å²) in [4.78, 5) is 40.3. The number of aryl methyl sites for hydroxylation is 1. The lowest BCUT2D eigenvalue weighted by Crippen LogP contribution is -2.41. The Hall–Kier alpha value is -3.14. The largest absolute Gasteiger partial charge is 0.493 e. The van der Waals surface area contributed by atoms with Crippen molar-refractivity contribution in [2.45, 2.75) is 58.0 Å². The number of carbonyl (C=O) groups excluding carboxylic acids is 2. The fourth-order valence-corrected chi connectivity index (χ4v) is 6.54. The van der Waals surface area contributed by atoms with Crippen molar-refractivity contribution >= 4 is 40.1 Å². The summed E-state index contributed by atoms with van der Waals surface area (Å²) in [7, 11) is 1.58. The Labute approximate surface area is 235 Å². The van der Waals surface area contributed by atoms with Crippen molar-refractivity contribution in [3.63, 3.8) is 0 Å². The number of ketones is 2. The van der Waals surface area contributed by atoms with Crippen molar-refractivity contribution < 1.29 is 29.0 Å². The molecule has 1 N–H and O–H groups in total. The molecular formula is C30H30INO6. The van der Waals surface area contributed by atoms with Crippen LogP contribution in [0.4, 0.5) is 0 Å². The quantitative estimate of drug-likeness (QED) is 0.395. The number of nitrogens with zero attached hydrogens (tertiary/aromatic N) is 1. The van der Waals surface area contributed by atoms with Crippen LogP contribution in [0, 0.1) is 10.5 Å². The Morgan fingerprint density at radius 1 is 1.00 bits per heavy atom. The first-order valence-corrected chi connectivity index (χ1v) is 13.9. The molecule has 3 aliphatic rings. The average molecular weight is 627 g/mol. The third-order valence-electron chi connectivity index (χ3n) is 7.47. The fourth-order valence-electron chi connectivity index (χ4n) is 5.76. The molecule has 0 saturated heterocycles. The summed E-state index contributed by atoms with van der Waals surface area (Å²) in [5, 5.41) is 9.65. The van der Waals surface area contributed by atoms with Gasteiger partial charge in [-0.1, -0.05) is 29.8 Å². The lowest BCUT2D eigenvalue weighted by molar-refractivity contribution is -0.138. The van der Waals surface area contributed by atoms with E-state index in [-0.39, 0.29) is 18.1 Å². The van der Waals surface area contributed by atoms with E-state index in [1.165, 1.54) is 5.56 Å².